The van der Waals surface area contributed by atoms with Crippen molar-refractivity contribution in [2.45, 2.75) is 32.4 Å². The third kappa shape index (κ3) is 3.83. The van der Waals surface area contributed by atoms with E-state index in [4.69, 9.17) is 5.73 Å². The van der Waals surface area contributed by atoms with Crippen molar-refractivity contribution in [3.05, 3.63) is 22.4 Å². The van der Waals surface area contributed by atoms with Gasteiger partial charge in [-0.05, 0) is 32.2 Å². The van der Waals surface area contributed by atoms with E-state index in [1.807, 2.05) is 31.4 Å². The monoisotopic (exact) mass is 241 g/mol. The van der Waals surface area contributed by atoms with Gasteiger partial charge in [-0.25, -0.2) is 0 Å². The molecule has 4 N–H and O–H groups in total. The number of thiophene rings is 1. The highest BCUT2D eigenvalue weighted by molar-refractivity contribution is 7.10. The molecular formula is C11H19N3OS. The fraction of sp³-hybridized carbons (Fsp3) is 0.545. The largest absolute Gasteiger partial charge is 0.383 e. The van der Waals surface area contributed by atoms with Crippen LogP contribution in [0.5, 0.6) is 0 Å². The summed E-state index contributed by atoms with van der Waals surface area (Å²) in [5.41, 5.74) is 4.72. The number of hydrogen-bond acceptors (Lipinski definition) is 3. The highest BCUT2D eigenvalue weighted by Gasteiger charge is 2.23. The lowest BCUT2D eigenvalue weighted by molar-refractivity contribution is 0.0712. The molecule has 4 nitrogen and oxygen atoms in total. The summed E-state index contributed by atoms with van der Waals surface area (Å²) in [5.74, 6) is 0.367. The molecule has 0 aliphatic rings. The molecule has 1 aromatic heterocycles. The van der Waals surface area contributed by atoms with Crippen LogP contribution in [0.3, 0.4) is 0 Å². The molecule has 0 saturated carbocycles. The standard InChI is InChI=1S/C11H19N3OS/c1-8(2)14-10(12)13-7-11(3,15)9-5-4-6-16-9/h4-6,8,15H,7H2,1-3H3,(H3,12,13,14). The molecule has 0 bridgehead atoms. The summed E-state index contributed by atoms with van der Waals surface area (Å²) < 4.78 is 0. The molecule has 1 rings (SSSR count). The minimum absolute atomic E-state index is 0.246. The Balaban J connectivity index is 2.60. The fourth-order valence-electron chi connectivity index (χ4n) is 1.24. The van der Waals surface area contributed by atoms with Crippen LogP contribution >= 0.6 is 11.3 Å². The lowest BCUT2D eigenvalue weighted by atomic mass is 10.1. The average molecular weight is 241 g/mol. The molecule has 0 saturated heterocycles. The lowest BCUT2D eigenvalue weighted by Gasteiger charge is -2.20. The molecule has 0 amide bonds. The minimum atomic E-state index is -0.947. The number of nitrogens with zero attached hydrogens (tertiary/aromatic N) is 1. The van der Waals surface area contributed by atoms with E-state index in [1.54, 1.807) is 6.92 Å². The van der Waals surface area contributed by atoms with Crippen molar-refractivity contribution >= 4 is 17.3 Å². The van der Waals surface area contributed by atoms with Gasteiger partial charge in [-0.15, -0.1) is 11.3 Å². The van der Waals surface area contributed by atoms with E-state index in [0.717, 1.165) is 4.88 Å². The van der Waals surface area contributed by atoms with Crippen LogP contribution in [0, 0.1) is 0 Å². The smallest absolute Gasteiger partial charge is 0.188 e. The quantitative estimate of drug-likeness (QED) is 0.549. The van der Waals surface area contributed by atoms with Crippen molar-refractivity contribution in [1.82, 2.24) is 5.32 Å². The van der Waals surface area contributed by atoms with Crippen molar-refractivity contribution in [3.63, 3.8) is 0 Å². The Morgan fingerprint density at radius 1 is 1.69 bits per heavy atom. The van der Waals surface area contributed by atoms with Gasteiger partial charge in [-0.3, -0.25) is 4.99 Å². The third-order valence-corrected chi connectivity index (χ3v) is 3.17. The van der Waals surface area contributed by atoms with Crippen molar-refractivity contribution in [2.24, 2.45) is 10.7 Å². The number of hydrogen-bond donors (Lipinski definition) is 3. The molecule has 90 valence electrons. The second kappa shape index (κ2) is 5.32. The summed E-state index contributed by atoms with van der Waals surface area (Å²) in [6.07, 6.45) is 0. The Kier molecular flexibility index (Phi) is 4.32. The molecule has 0 aromatic carbocycles. The Morgan fingerprint density at radius 2 is 2.38 bits per heavy atom. The molecule has 0 spiro atoms. The first kappa shape index (κ1) is 13.0. The van der Waals surface area contributed by atoms with E-state index in [1.165, 1.54) is 11.3 Å². The number of aliphatic imine (C=N–C) groups is 1. The highest BCUT2D eigenvalue weighted by Crippen LogP contribution is 2.25. The molecule has 1 aromatic rings. The van der Waals surface area contributed by atoms with E-state index in [0.29, 0.717) is 5.96 Å². The maximum absolute atomic E-state index is 10.2. The fourth-order valence-corrected chi connectivity index (χ4v) is 2.02. The van der Waals surface area contributed by atoms with Crippen LogP contribution in [-0.4, -0.2) is 23.7 Å². The summed E-state index contributed by atoms with van der Waals surface area (Å²) in [6.45, 7) is 5.98. The van der Waals surface area contributed by atoms with E-state index in [2.05, 4.69) is 10.3 Å². The molecule has 1 atom stereocenters. The normalized spacial score (nSPS) is 16.2. The topological polar surface area (TPSA) is 70.6 Å². The van der Waals surface area contributed by atoms with E-state index in [9.17, 15) is 5.11 Å². The molecule has 5 heteroatoms. The van der Waals surface area contributed by atoms with Gasteiger partial charge in [-0.2, -0.15) is 0 Å². The van der Waals surface area contributed by atoms with Crippen LogP contribution in [0.15, 0.2) is 22.5 Å². The van der Waals surface area contributed by atoms with Gasteiger partial charge in [0.15, 0.2) is 5.96 Å². The van der Waals surface area contributed by atoms with Crippen LogP contribution in [-0.2, 0) is 5.60 Å². The van der Waals surface area contributed by atoms with Gasteiger partial charge < -0.3 is 16.2 Å². The first-order valence-corrected chi connectivity index (χ1v) is 6.12. The van der Waals surface area contributed by atoms with Crippen LogP contribution < -0.4 is 11.1 Å². The lowest BCUT2D eigenvalue weighted by Crippen LogP contribution is -2.38. The maximum Gasteiger partial charge on any atom is 0.188 e. The third-order valence-electron chi connectivity index (χ3n) is 2.05. The number of rotatable bonds is 4. The Bertz CT molecular complexity index is 344. The van der Waals surface area contributed by atoms with Crippen molar-refractivity contribution < 1.29 is 5.11 Å². The predicted molar refractivity (Wildman–Crippen MR) is 68.7 cm³/mol. The molecule has 0 fully saturated rings. The highest BCUT2D eigenvalue weighted by atomic mass is 32.1. The number of aliphatic hydroxyl groups is 1. The number of nitrogens with two attached hydrogens (primary N) is 1. The number of nitrogens with one attached hydrogen (secondary N) is 1. The predicted octanol–water partition coefficient (Wildman–Crippen LogP) is 1.27. The summed E-state index contributed by atoms with van der Waals surface area (Å²) in [6, 6.07) is 4.05. The van der Waals surface area contributed by atoms with Gasteiger partial charge in [0.25, 0.3) is 0 Å². The first-order chi connectivity index (χ1) is 7.42. The van der Waals surface area contributed by atoms with Crippen molar-refractivity contribution in [2.75, 3.05) is 6.54 Å². The molecule has 16 heavy (non-hydrogen) atoms. The minimum Gasteiger partial charge on any atom is -0.383 e. The summed E-state index contributed by atoms with van der Waals surface area (Å²) in [5, 5.41) is 15.1. The second-order valence-electron chi connectivity index (χ2n) is 4.25. The molecular weight excluding hydrogens is 222 g/mol. The van der Waals surface area contributed by atoms with Gasteiger partial charge in [0.05, 0.1) is 6.54 Å². The first-order valence-electron chi connectivity index (χ1n) is 5.24. The van der Waals surface area contributed by atoms with Gasteiger partial charge in [0.2, 0.25) is 0 Å². The molecule has 1 heterocycles. The van der Waals surface area contributed by atoms with Gasteiger partial charge in [0.1, 0.15) is 5.60 Å². The van der Waals surface area contributed by atoms with E-state index >= 15 is 0 Å². The Labute approximate surface area is 100 Å². The van der Waals surface area contributed by atoms with Gasteiger partial charge in [-0.1, -0.05) is 6.07 Å². The maximum atomic E-state index is 10.2. The summed E-state index contributed by atoms with van der Waals surface area (Å²) in [7, 11) is 0. The average Bonchev–Trinajstić information content (AvgIpc) is 2.67. The second-order valence-corrected chi connectivity index (χ2v) is 5.20. The van der Waals surface area contributed by atoms with Crippen LogP contribution in [0.4, 0.5) is 0 Å². The Morgan fingerprint density at radius 3 is 2.88 bits per heavy atom. The van der Waals surface area contributed by atoms with Crippen LogP contribution in [0.2, 0.25) is 0 Å². The van der Waals surface area contributed by atoms with Gasteiger partial charge >= 0.3 is 0 Å². The molecule has 0 aliphatic carbocycles. The van der Waals surface area contributed by atoms with Crippen LogP contribution in [0.25, 0.3) is 0 Å². The van der Waals surface area contributed by atoms with Gasteiger partial charge in [0, 0.05) is 10.9 Å². The zero-order valence-electron chi connectivity index (χ0n) is 9.90. The van der Waals surface area contributed by atoms with E-state index in [-0.39, 0.29) is 12.6 Å². The SMILES string of the molecule is CC(C)NC(N)=NCC(C)(O)c1cccs1. The zero-order chi connectivity index (χ0) is 12.2. The number of guanidine groups is 1. The van der Waals surface area contributed by atoms with Crippen molar-refractivity contribution in [3.8, 4) is 0 Å². The summed E-state index contributed by atoms with van der Waals surface area (Å²) in [4.78, 5) is 5.03. The molecule has 1 unspecified atom stereocenters. The Hall–Kier alpha value is -1.07. The summed E-state index contributed by atoms with van der Waals surface area (Å²) >= 11 is 1.51. The van der Waals surface area contributed by atoms with Crippen LogP contribution in [0.1, 0.15) is 25.6 Å². The van der Waals surface area contributed by atoms with Crippen molar-refractivity contribution in [1.29, 1.82) is 0 Å². The molecule has 0 aliphatic heterocycles. The molecule has 0 radical (unpaired) electrons. The zero-order valence-corrected chi connectivity index (χ0v) is 10.7. The van der Waals surface area contributed by atoms with E-state index < -0.39 is 5.60 Å².